The first-order valence-electron chi connectivity index (χ1n) is 4.02. The third kappa shape index (κ3) is 1.93. The second-order valence-electron chi connectivity index (χ2n) is 2.77. The second-order valence-corrected chi connectivity index (χ2v) is 3.48. The van der Waals surface area contributed by atoms with E-state index in [9.17, 15) is 0 Å². The van der Waals surface area contributed by atoms with Crippen molar-refractivity contribution >= 4 is 16.7 Å². The number of ether oxygens (including phenoxy) is 1. The zero-order chi connectivity index (χ0) is 9.10. The van der Waals surface area contributed by atoms with Gasteiger partial charge in [-0.3, -0.25) is 0 Å². The molecule has 1 aliphatic rings. The van der Waals surface area contributed by atoms with Gasteiger partial charge in [-0.25, -0.2) is 0 Å². The Morgan fingerprint density at radius 3 is 3.31 bits per heavy atom. The molecular formula is C6H10N4O2S. The summed E-state index contributed by atoms with van der Waals surface area (Å²) in [6.45, 7) is 2.11. The van der Waals surface area contributed by atoms with Gasteiger partial charge in [0.1, 0.15) is 0 Å². The fourth-order valence-corrected chi connectivity index (χ4v) is 1.75. The van der Waals surface area contributed by atoms with Crippen molar-refractivity contribution in [2.24, 2.45) is 0 Å². The van der Waals surface area contributed by atoms with Crippen LogP contribution in [0.5, 0.6) is 0 Å². The van der Waals surface area contributed by atoms with E-state index in [2.05, 4.69) is 14.8 Å². The molecule has 2 heterocycles. The molecule has 0 amide bonds. The summed E-state index contributed by atoms with van der Waals surface area (Å²) in [6, 6.07) is 0. The third-order valence-corrected chi connectivity index (χ3v) is 2.56. The maximum atomic E-state index is 8.91. The summed E-state index contributed by atoms with van der Waals surface area (Å²) < 4.78 is 8.98. The summed E-state index contributed by atoms with van der Waals surface area (Å²) in [6.07, 6.45) is -0.113. The average molecular weight is 202 g/mol. The van der Waals surface area contributed by atoms with Gasteiger partial charge in [-0.05, 0) is 5.21 Å². The van der Waals surface area contributed by atoms with E-state index >= 15 is 0 Å². The molecule has 2 rings (SSSR count). The number of hydrogen-bond acceptors (Lipinski definition) is 7. The van der Waals surface area contributed by atoms with E-state index in [1.165, 1.54) is 11.5 Å². The topological polar surface area (TPSA) is 71.4 Å². The molecule has 1 atom stereocenters. The number of hydrogen-bond donors (Lipinski definition) is 1. The van der Waals surface area contributed by atoms with Crippen LogP contribution in [0.3, 0.4) is 0 Å². The van der Waals surface area contributed by atoms with Crippen LogP contribution >= 0.6 is 11.5 Å². The Labute approximate surface area is 79.3 Å². The van der Waals surface area contributed by atoms with E-state index in [-0.39, 0.29) is 12.7 Å². The van der Waals surface area contributed by atoms with Crippen molar-refractivity contribution in [1.82, 2.24) is 14.8 Å². The van der Waals surface area contributed by atoms with Crippen LogP contribution in [0.2, 0.25) is 0 Å². The fraction of sp³-hybridized carbons (Fsp3) is 0.833. The normalized spacial score (nSPS) is 23.5. The molecule has 72 valence electrons. The number of rotatable bonds is 2. The van der Waals surface area contributed by atoms with Crippen LogP contribution in [0.1, 0.15) is 0 Å². The van der Waals surface area contributed by atoms with Gasteiger partial charge in [-0.2, -0.15) is 0 Å². The number of nitrogens with zero attached hydrogens (tertiary/aromatic N) is 4. The van der Waals surface area contributed by atoms with Gasteiger partial charge in [-0.1, -0.05) is 9.59 Å². The van der Waals surface area contributed by atoms with Gasteiger partial charge in [0.2, 0.25) is 5.13 Å². The lowest BCUT2D eigenvalue weighted by molar-refractivity contribution is 0.00353. The molecule has 0 saturated carbocycles. The average Bonchev–Trinajstić information content (AvgIpc) is 2.71. The van der Waals surface area contributed by atoms with Gasteiger partial charge in [0.15, 0.2) is 0 Å². The van der Waals surface area contributed by atoms with E-state index in [4.69, 9.17) is 9.84 Å². The highest BCUT2D eigenvalue weighted by Gasteiger charge is 2.21. The number of aliphatic hydroxyl groups excluding tert-OH is 1. The SMILES string of the molecule is OCC1CN(c2nnns2)CCO1. The number of aromatic nitrogens is 3. The van der Waals surface area contributed by atoms with Crippen molar-refractivity contribution in [2.75, 3.05) is 31.2 Å². The van der Waals surface area contributed by atoms with E-state index in [0.717, 1.165) is 11.7 Å². The molecule has 1 unspecified atom stereocenters. The third-order valence-electron chi connectivity index (χ3n) is 1.90. The van der Waals surface area contributed by atoms with Gasteiger partial charge in [0, 0.05) is 24.6 Å². The van der Waals surface area contributed by atoms with Gasteiger partial charge >= 0.3 is 0 Å². The monoisotopic (exact) mass is 202 g/mol. The Hall–Kier alpha value is -0.790. The predicted molar refractivity (Wildman–Crippen MR) is 46.7 cm³/mol. The number of morpholine rings is 1. The first-order chi connectivity index (χ1) is 6.40. The fourth-order valence-electron chi connectivity index (χ4n) is 1.25. The molecule has 1 aromatic rings. The molecule has 1 N–H and O–H groups in total. The Bertz CT molecular complexity index is 255. The van der Waals surface area contributed by atoms with Crippen molar-refractivity contribution in [3.05, 3.63) is 0 Å². The van der Waals surface area contributed by atoms with Crippen molar-refractivity contribution in [3.63, 3.8) is 0 Å². The largest absolute Gasteiger partial charge is 0.394 e. The van der Waals surface area contributed by atoms with Crippen LogP contribution in [-0.2, 0) is 4.74 Å². The van der Waals surface area contributed by atoms with Gasteiger partial charge in [-0.15, -0.1) is 0 Å². The highest BCUT2D eigenvalue weighted by molar-refractivity contribution is 7.09. The molecule has 0 bridgehead atoms. The van der Waals surface area contributed by atoms with Crippen molar-refractivity contribution in [1.29, 1.82) is 0 Å². The predicted octanol–water partition coefficient (Wildman–Crippen LogP) is -0.869. The van der Waals surface area contributed by atoms with Crippen molar-refractivity contribution < 1.29 is 9.84 Å². The Balaban J connectivity index is 2.00. The van der Waals surface area contributed by atoms with Crippen LogP contribution < -0.4 is 4.90 Å². The molecule has 1 saturated heterocycles. The zero-order valence-corrected chi connectivity index (χ0v) is 7.77. The van der Waals surface area contributed by atoms with E-state index < -0.39 is 0 Å². The van der Waals surface area contributed by atoms with Gasteiger partial charge < -0.3 is 14.7 Å². The Morgan fingerprint density at radius 2 is 2.62 bits per heavy atom. The van der Waals surface area contributed by atoms with Crippen molar-refractivity contribution in [3.8, 4) is 0 Å². The van der Waals surface area contributed by atoms with E-state index in [0.29, 0.717) is 13.2 Å². The standard InChI is InChI=1S/C6H10N4O2S/c11-4-5-3-10(1-2-12-5)6-7-8-9-13-6/h5,11H,1-4H2. The molecule has 0 aliphatic carbocycles. The lowest BCUT2D eigenvalue weighted by atomic mass is 10.3. The summed E-state index contributed by atoms with van der Waals surface area (Å²) >= 11 is 1.26. The molecule has 0 spiro atoms. The quantitative estimate of drug-likeness (QED) is 0.672. The highest BCUT2D eigenvalue weighted by Crippen LogP contribution is 2.16. The summed E-state index contributed by atoms with van der Waals surface area (Å²) in [4.78, 5) is 2.02. The molecule has 1 fully saturated rings. The molecule has 6 nitrogen and oxygen atoms in total. The molecule has 7 heteroatoms. The lowest BCUT2D eigenvalue weighted by Gasteiger charge is -2.30. The van der Waals surface area contributed by atoms with Crippen LogP contribution in [0.25, 0.3) is 0 Å². The summed E-state index contributed by atoms with van der Waals surface area (Å²) in [5.41, 5.74) is 0. The molecular weight excluding hydrogens is 192 g/mol. The minimum absolute atomic E-state index is 0.0444. The molecule has 1 aliphatic heterocycles. The van der Waals surface area contributed by atoms with E-state index in [1.807, 2.05) is 4.90 Å². The molecule has 0 aromatic carbocycles. The summed E-state index contributed by atoms with van der Waals surface area (Å²) in [5.74, 6) is 0. The number of aliphatic hydroxyl groups is 1. The van der Waals surface area contributed by atoms with Gasteiger partial charge in [0.25, 0.3) is 0 Å². The Morgan fingerprint density at radius 1 is 1.69 bits per heavy atom. The smallest absolute Gasteiger partial charge is 0.228 e. The van der Waals surface area contributed by atoms with Crippen LogP contribution in [0, 0.1) is 0 Å². The minimum Gasteiger partial charge on any atom is -0.394 e. The maximum absolute atomic E-state index is 8.91. The van der Waals surface area contributed by atoms with E-state index in [1.54, 1.807) is 0 Å². The molecule has 1 aromatic heterocycles. The number of anilines is 1. The molecule has 13 heavy (non-hydrogen) atoms. The zero-order valence-electron chi connectivity index (χ0n) is 6.96. The van der Waals surface area contributed by atoms with Crippen LogP contribution in [0.15, 0.2) is 0 Å². The Kier molecular flexibility index (Phi) is 2.67. The molecule has 0 radical (unpaired) electrons. The second kappa shape index (κ2) is 3.95. The summed E-state index contributed by atoms with van der Waals surface area (Å²) in [5, 5.41) is 17.1. The summed E-state index contributed by atoms with van der Waals surface area (Å²) in [7, 11) is 0. The van der Waals surface area contributed by atoms with Crippen LogP contribution in [-0.4, -0.2) is 52.3 Å². The maximum Gasteiger partial charge on any atom is 0.228 e. The first-order valence-corrected chi connectivity index (χ1v) is 4.80. The minimum atomic E-state index is -0.113. The van der Waals surface area contributed by atoms with Crippen molar-refractivity contribution in [2.45, 2.75) is 6.10 Å². The highest BCUT2D eigenvalue weighted by atomic mass is 32.1. The lowest BCUT2D eigenvalue weighted by Crippen LogP contribution is -2.44. The van der Waals surface area contributed by atoms with Gasteiger partial charge in [0.05, 0.1) is 19.3 Å². The first kappa shape index (κ1) is 8.79. The van der Waals surface area contributed by atoms with Crippen LogP contribution in [0.4, 0.5) is 5.13 Å².